The molecule has 3 heterocycles. The Kier molecular flexibility index (Phi) is 7.16. The van der Waals surface area contributed by atoms with Gasteiger partial charge in [0.15, 0.2) is 4.80 Å². The highest BCUT2D eigenvalue weighted by Crippen LogP contribution is 2.31. The molecule has 0 unspecified atom stereocenters. The summed E-state index contributed by atoms with van der Waals surface area (Å²) in [5, 5.41) is 9.43. The first-order valence-electron chi connectivity index (χ1n) is 12.9. The smallest absolute Gasteiger partial charge is 0.338 e. The van der Waals surface area contributed by atoms with E-state index in [0.29, 0.717) is 20.6 Å². The van der Waals surface area contributed by atoms with Gasteiger partial charge >= 0.3 is 11.9 Å². The average molecular weight is 556 g/mol. The maximum atomic E-state index is 13.9. The molecule has 0 aliphatic carbocycles. The van der Waals surface area contributed by atoms with E-state index in [1.165, 1.54) is 11.3 Å². The average Bonchev–Trinajstić information content (AvgIpc) is 3.37. The highest BCUT2D eigenvalue weighted by atomic mass is 32.1. The lowest BCUT2D eigenvalue weighted by atomic mass is 9.95. The summed E-state index contributed by atoms with van der Waals surface area (Å²) in [6, 6.07) is 15.8. The zero-order chi connectivity index (χ0) is 28.7. The van der Waals surface area contributed by atoms with Crippen LogP contribution >= 0.6 is 11.3 Å². The quantitative estimate of drug-likeness (QED) is 0.359. The lowest BCUT2D eigenvalue weighted by molar-refractivity contribution is -0.139. The summed E-state index contributed by atoms with van der Waals surface area (Å²) >= 11 is 1.27. The van der Waals surface area contributed by atoms with Crippen LogP contribution in [0.2, 0.25) is 0 Å². The van der Waals surface area contributed by atoms with E-state index < -0.39 is 18.0 Å². The molecular formula is C31H29N3O5S. The number of benzene rings is 2. The minimum atomic E-state index is -0.994. The van der Waals surface area contributed by atoms with E-state index in [1.54, 1.807) is 36.6 Å². The van der Waals surface area contributed by atoms with Crippen molar-refractivity contribution in [2.24, 2.45) is 4.99 Å². The number of aryl methyl sites for hydroxylation is 2. The van der Waals surface area contributed by atoms with Gasteiger partial charge in [0.25, 0.3) is 5.56 Å². The van der Waals surface area contributed by atoms with Crippen molar-refractivity contribution in [3.05, 3.63) is 119 Å². The van der Waals surface area contributed by atoms with Crippen molar-refractivity contribution in [3.8, 4) is 5.69 Å². The molecule has 0 saturated heterocycles. The predicted octanol–water partition coefficient (Wildman–Crippen LogP) is 4.21. The molecule has 0 saturated carbocycles. The van der Waals surface area contributed by atoms with Crippen LogP contribution < -0.4 is 14.9 Å². The number of rotatable bonds is 6. The topological polar surface area (TPSA) is 103 Å². The minimum Gasteiger partial charge on any atom is -0.478 e. The summed E-state index contributed by atoms with van der Waals surface area (Å²) < 4.78 is 9.39. The van der Waals surface area contributed by atoms with Gasteiger partial charge in [0, 0.05) is 17.1 Å². The Morgan fingerprint density at radius 3 is 2.48 bits per heavy atom. The van der Waals surface area contributed by atoms with Crippen LogP contribution in [0.25, 0.3) is 11.8 Å². The van der Waals surface area contributed by atoms with Crippen molar-refractivity contribution in [1.82, 2.24) is 9.13 Å². The molecule has 2 aromatic carbocycles. The van der Waals surface area contributed by atoms with E-state index in [1.807, 2.05) is 67.8 Å². The van der Waals surface area contributed by atoms with Gasteiger partial charge in [-0.1, -0.05) is 47.2 Å². The number of thiazole rings is 1. The number of carboxylic acids is 1. The molecular weight excluding hydrogens is 526 g/mol. The number of hydrogen-bond acceptors (Lipinski definition) is 6. The van der Waals surface area contributed by atoms with Gasteiger partial charge in [-0.15, -0.1) is 0 Å². The van der Waals surface area contributed by atoms with Crippen molar-refractivity contribution in [3.63, 3.8) is 0 Å². The van der Waals surface area contributed by atoms with Crippen LogP contribution in [-0.4, -0.2) is 32.8 Å². The first-order chi connectivity index (χ1) is 19.1. The zero-order valence-corrected chi connectivity index (χ0v) is 23.7. The van der Waals surface area contributed by atoms with Crippen LogP contribution in [0.1, 0.15) is 58.3 Å². The molecule has 1 aliphatic rings. The van der Waals surface area contributed by atoms with Crippen LogP contribution in [0.3, 0.4) is 0 Å². The summed E-state index contributed by atoms with van der Waals surface area (Å²) in [4.78, 5) is 43.7. The lowest BCUT2D eigenvalue weighted by Gasteiger charge is -2.24. The molecule has 0 bridgehead atoms. The lowest BCUT2D eigenvalue weighted by Crippen LogP contribution is -2.39. The number of allylic oxidation sites excluding steroid dienone is 1. The largest absolute Gasteiger partial charge is 0.478 e. The van der Waals surface area contributed by atoms with Crippen molar-refractivity contribution in [1.29, 1.82) is 0 Å². The zero-order valence-electron chi connectivity index (χ0n) is 22.9. The van der Waals surface area contributed by atoms with Gasteiger partial charge in [-0.3, -0.25) is 9.36 Å². The highest BCUT2D eigenvalue weighted by molar-refractivity contribution is 7.07. The number of nitrogens with zero attached hydrogens (tertiary/aromatic N) is 3. The first-order valence-corrected chi connectivity index (χ1v) is 13.7. The summed E-state index contributed by atoms with van der Waals surface area (Å²) in [7, 11) is 0. The molecule has 0 fully saturated rings. The Labute approximate surface area is 234 Å². The van der Waals surface area contributed by atoms with Crippen molar-refractivity contribution >= 4 is 29.4 Å². The Morgan fingerprint density at radius 2 is 1.80 bits per heavy atom. The molecule has 2 aromatic heterocycles. The minimum absolute atomic E-state index is 0.198. The molecule has 0 spiro atoms. The Balaban J connectivity index is 1.68. The van der Waals surface area contributed by atoms with E-state index in [4.69, 9.17) is 4.74 Å². The third-order valence-corrected chi connectivity index (χ3v) is 8.00. The summed E-state index contributed by atoms with van der Waals surface area (Å²) in [5.41, 5.74) is 6.01. The van der Waals surface area contributed by atoms with Crippen molar-refractivity contribution in [2.75, 3.05) is 6.61 Å². The number of carbonyl (C=O) groups excluding carboxylic acids is 1. The number of ether oxygens (including phenoxy) is 1. The fourth-order valence-corrected chi connectivity index (χ4v) is 6.14. The third-order valence-electron chi connectivity index (χ3n) is 7.02. The van der Waals surface area contributed by atoms with Gasteiger partial charge in [0.2, 0.25) is 0 Å². The van der Waals surface area contributed by atoms with Crippen LogP contribution in [-0.2, 0) is 9.53 Å². The Bertz CT molecular complexity index is 1870. The molecule has 1 N–H and O–H groups in total. The van der Waals surface area contributed by atoms with Crippen LogP contribution in [0.15, 0.2) is 75.7 Å². The molecule has 204 valence electrons. The number of fused-ring (bicyclic) bond motifs is 1. The van der Waals surface area contributed by atoms with Gasteiger partial charge in [-0.2, -0.15) is 0 Å². The van der Waals surface area contributed by atoms with Crippen LogP contribution in [0.5, 0.6) is 0 Å². The molecule has 0 amide bonds. The van der Waals surface area contributed by atoms with Crippen LogP contribution in [0.4, 0.5) is 0 Å². The van der Waals surface area contributed by atoms with E-state index in [2.05, 4.69) is 4.99 Å². The third kappa shape index (κ3) is 4.73. The summed E-state index contributed by atoms with van der Waals surface area (Å²) in [5.74, 6) is -1.48. The monoisotopic (exact) mass is 555 g/mol. The standard InChI is InChI=1S/C31H29N3O5S/c1-6-39-30(38)26-19(4)32-31-34(27(26)21-12-10-17(2)11-13-21)28(35)25(40-31)16-23-14-18(3)33(20(23)5)24-9-7-8-22(15-24)29(36)37/h7-16,27H,6H2,1-5H3,(H,36,37)/b25-16+/t27-/m0/s1. The van der Waals surface area contributed by atoms with Gasteiger partial charge in [-0.25, -0.2) is 14.6 Å². The number of esters is 1. The SMILES string of the molecule is CCOC(=O)C1=C(C)N=c2s/c(=C/c3cc(C)n(-c4cccc(C(=O)O)c4)c3C)c(=O)n2[C@H]1c1ccc(C)cc1. The maximum Gasteiger partial charge on any atom is 0.338 e. The molecule has 40 heavy (non-hydrogen) atoms. The number of aromatic carboxylic acids is 1. The van der Waals surface area contributed by atoms with Crippen LogP contribution in [0, 0.1) is 20.8 Å². The van der Waals surface area contributed by atoms with Crippen molar-refractivity contribution in [2.45, 2.75) is 40.7 Å². The molecule has 8 nitrogen and oxygen atoms in total. The maximum absolute atomic E-state index is 13.9. The second-order valence-electron chi connectivity index (χ2n) is 9.73. The molecule has 1 atom stereocenters. The fraction of sp³-hybridized carbons (Fsp3) is 0.226. The Morgan fingerprint density at radius 1 is 1.07 bits per heavy atom. The molecule has 9 heteroatoms. The highest BCUT2D eigenvalue weighted by Gasteiger charge is 2.33. The van der Waals surface area contributed by atoms with Gasteiger partial charge in [0.05, 0.1) is 34.0 Å². The second kappa shape index (κ2) is 10.6. The predicted molar refractivity (Wildman–Crippen MR) is 154 cm³/mol. The van der Waals surface area contributed by atoms with E-state index in [-0.39, 0.29) is 17.7 Å². The van der Waals surface area contributed by atoms with Gasteiger partial charge in [0.1, 0.15) is 0 Å². The second-order valence-corrected chi connectivity index (χ2v) is 10.7. The Hall–Kier alpha value is -4.50. The number of hydrogen-bond donors (Lipinski definition) is 1. The number of aromatic nitrogens is 2. The van der Waals surface area contributed by atoms with E-state index in [9.17, 15) is 19.5 Å². The van der Waals surface area contributed by atoms with Gasteiger partial charge in [-0.05, 0) is 76.1 Å². The van der Waals surface area contributed by atoms with E-state index >= 15 is 0 Å². The fourth-order valence-electron chi connectivity index (χ4n) is 5.11. The number of carbonyl (C=O) groups is 2. The van der Waals surface area contributed by atoms with Crippen molar-refractivity contribution < 1.29 is 19.4 Å². The molecule has 0 radical (unpaired) electrons. The molecule has 5 rings (SSSR count). The molecule has 1 aliphatic heterocycles. The van der Waals surface area contributed by atoms with E-state index in [0.717, 1.165) is 33.8 Å². The summed E-state index contributed by atoms with van der Waals surface area (Å²) in [6.07, 6.45) is 1.83. The molecule has 4 aromatic rings. The van der Waals surface area contributed by atoms with Gasteiger partial charge < -0.3 is 14.4 Å². The summed E-state index contributed by atoms with van der Waals surface area (Å²) in [6.45, 7) is 9.58. The normalized spacial score (nSPS) is 15.1. The first kappa shape index (κ1) is 27.1. The number of carboxylic acid groups (broad SMARTS) is 1.